The third-order valence-electron chi connectivity index (χ3n) is 5.42. The van der Waals surface area contributed by atoms with E-state index in [1.54, 1.807) is 34.8 Å². The maximum Gasteiger partial charge on any atom is 0.276 e. The minimum Gasteiger partial charge on any atom is -0.378 e. The van der Waals surface area contributed by atoms with Crippen LogP contribution in [0.15, 0.2) is 54.9 Å². The van der Waals surface area contributed by atoms with E-state index >= 15 is 0 Å². The second-order valence-corrected chi connectivity index (χ2v) is 7.42. The molecule has 0 atom stereocenters. The predicted molar refractivity (Wildman–Crippen MR) is 116 cm³/mol. The van der Waals surface area contributed by atoms with E-state index in [9.17, 15) is 9.59 Å². The summed E-state index contributed by atoms with van der Waals surface area (Å²) >= 11 is 0. The van der Waals surface area contributed by atoms with Crippen LogP contribution in [0.1, 0.15) is 20.8 Å². The number of hydrogen-bond acceptors (Lipinski definition) is 6. The molecule has 1 aromatic carbocycles. The van der Waals surface area contributed by atoms with Crippen molar-refractivity contribution in [3.63, 3.8) is 0 Å². The van der Waals surface area contributed by atoms with Crippen molar-refractivity contribution in [3.8, 4) is 11.4 Å². The largest absolute Gasteiger partial charge is 0.378 e. The second kappa shape index (κ2) is 8.23. The maximum absolute atomic E-state index is 13.2. The molecule has 0 radical (unpaired) electrons. The number of benzene rings is 1. The van der Waals surface area contributed by atoms with Gasteiger partial charge in [0.25, 0.3) is 11.8 Å². The van der Waals surface area contributed by atoms with Gasteiger partial charge in [-0.3, -0.25) is 14.7 Å². The van der Waals surface area contributed by atoms with Gasteiger partial charge in [-0.2, -0.15) is 5.10 Å². The van der Waals surface area contributed by atoms with Crippen LogP contribution in [0.3, 0.4) is 0 Å². The molecule has 1 saturated heterocycles. The lowest BCUT2D eigenvalue weighted by Gasteiger charge is -2.26. The van der Waals surface area contributed by atoms with Gasteiger partial charge in [0.1, 0.15) is 5.69 Å². The summed E-state index contributed by atoms with van der Waals surface area (Å²) in [7, 11) is 1.64. The van der Waals surface area contributed by atoms with Crippen molar-refractivity contribution in [3.05, 3.63) is 66.1 Å². The zero-order chi connectivity index (χ0) is 22.1. The highest BCUT2D eigenvalue weighted by Gasteiger charge is 2.27. The van der Waals surface area contributed by atoms with Crippen molar-refractivity contribution in [2.24, 2.45) is 0 Å². The standard InChI is InChI=1S/C22H21N7O3/c1-27(22(31)19-17(13-23-25-19)21(30)28-9-11-32-12-10-28)16-7-8-18-24-20(26-29(18)14-16)15-5-3-2-4-6-15/h2-8,13-14H,9-12H2,1H3,(H,23,25). The third kappa shape index (κ3) is 3.60. The van der Waals surface area contributed by atoms with Crippen molar-refractivity contribution in [2.75, 3.05) is 38.3 Å². The molecule has 0 spiro atoms. The number of hydrogen-bond donors (Lipinski definition) is 1. The number of carbonyl (C=O) groups excluding carboxylic acids is 2. The molecule has 1 fully saturated rings. The Hall–Kier alpha value is -4.05. The highest BCUT2D eigenvalue weighted by molar-refractivity contribution is 6.11. The number of aromatic nitrogens is 5. The van der Waals surface area contributed by atoms with Crippen LogP contribution >= 0.6 is 0 Å². The predicted octanol–water partition coefficient (Wildman–Crippen LogP) is 1.87. The van der Waals surface area contributed by atoms with Crippen LogP contribution < -0.4 is 4.90 Å². The molecule has 0 unspecified atom stereocenters. The molecular weight excluding hydrogens is 410 g/mol. The van der Waals surface area contributed by atoms with Crippen molar-refractivity contribution < 1.29 is 14.3 Å². The summed E-state index contributed by atoms with van der Waals surface area (Å²) in [6, 6.07) is 13.3. The summed E-state index contributed by atoms with van der Waals surface area (Å²) in [6.07, 6.45) is 3.12. The molecule has 2 amide bonds. The summed E-state index contributed by atoms with van der Waals surface area (Å²) < 4.78 is 6.93. The smallest absolute Gasteiger partial charge is 0.276 e. The van der Waals surface area contributed by atoms with Crippen LogP contribution in [-0.4, -0.2) is 74.9 Å². The number of nitrogens with one attached hydrogen (secondary N) is 1. The molecule has 10 nitrogen and oxygen atoms in total. The van der Waals surface area contributed by atoms with E-state index in [4.69, 9.17) is 4.74 Å². The molecule has 162 valence electrons. The van der Waals surface area contributed by atoms with Gasteiger partial charge in [-0.15, -0.1) is 5.10 Å². The Labute approximate surface area is 183 Å². The zero-order valence-corrected chi connectivity index (χ0v) is 17.4. The molecule has 1 N–H and O–H groups in total. The van der Waals surface area contributed by atoms with Gasteiger partial charge < -0.3 is 14.5 Å². The average molecular weight is 431 g/mol. The van der Waals surface area contributed by atoms with Gasteiger partial charge in [-0.25, -0.2) is 9.50 Å². The maximum atomic E-state index is 13.2. The molecule has 4 aromatic rings. The fourth-order valence-electron chi connectivity index (χ4n) is 3.61. The summed E-state index contributed by atoms with van der Waals surface area (Å²) in [5.74, 6) is -0.0106. The van der Waals surface area contributed by atoms with E-state index in [2.05, 4.69) is 20.3 Å². The lowest BCUT2D eigenvalue weighted by Crippen LogP contribution is -2.41. The van der Waals surface area contributed by atoms with Gasteiger partial charge in [0, 0.05) is 25.7 Å². The van der Waals surface area contributed by atoms with Gasteiger partial charge in [0.2, 0.25) is 0 Å². The van der Waals surface area contributed by atoms with Crippen LogP contribution in [-0.2, 0) is 4.74 Å². The summed E-state index contributed by atoms with van der Waals surface area (Å²) in [5.41, 5.74) is 2.57. The highest BCUT2D eigenvalue weighted by atomic mass is 16.5. The van der Waals surface area contributed by atoms with E-state index in [1.165, 1.54) is 11.1 Å². The number of pyridine rings is 1. The van der Waals surface area contributed by atoms with Gasteiger partial charge >= 0.3 is 0 Å². The Kier molecular flexibility index (Phi) is 5.12. The van der Waals surface area contributed by atoms with Crippen LogP contribution in [0, 0.1) is 0 Å². The van der Waals surface area contributed by atoms with Gasteiger partial charge in [0.05, 0.1) is 36.9 Å². The Morgan fingerprint density at radius 2 is 1.88 bits per heavy atom. The number of carbonyl (C=O) groups is 2. The molecular formula is C22H21N7O3. The molecule has 4 heterocycles. The second-order valence-electron chi connectivity index (χ2n) is 7.42. The number of morpholine rings is 1. The fourth-order valence-corrected chi connectivity index (χ4v) is 3.61. The SMILES string of the molecule is CN(C(=O)c1[nH]ncc1C(=O)N1CCOCC1)c1ccc2nc(-c3ccccc3)nn2c1. The lowest BCUT2D eigenvalue weighted by atomic mass is 10.2. The molecule has 0 aliphatic carbocycles. The van der Waals surface area contributed by atoms with Crippen molar-refractivity contribution in [1.29, 1.82) is 0 Å². The Morgan fingerprint density at radius 1 is 1.09 bits per heavy atom. The number of nitrogens with zero attached hydrogens (tertiary/aromatic N) is 6. The average Bonchev–Trinajstić information content (AvgIpc) is 3.50. The molecule has 1 aliphatic heterocycles. The first-order valence-corrected chi connectivity index (χ1v) is 10.2. The first kappa shape index (κ1) is 19.9. The molecule has 1 aliphatic rings. The Morgan fingerprint density at radius 3 is 2.66 bits per heavy atom. The number of rotatable bonds is 4. The van der Waals surface area contributed by atoms with E-state index in [0.29, 0.717) is 43.5 Å². The number of fused-ring (bicyclic) bond motifs is 1. The van der Waals surface area contributed by atoms with E-state index in [0.717, 1.165) is 5.56 Å². The number of amides is 2. The number of anilines is 1. The minimum atomic E-state index is -0.373. The minimum absolute atomic E-state index is 0.146. The summed E-state index contributed by atoms with van der Waals surface area (Å²) in [5, 5.41) is 11.2. The van der Waals surface area contributed by atoms with Gasteiger partial charge in [0.15, 0.2) is 11.5 Å². The molecule has 3 aromatic heterocycles. The van der Waals surface area contributed by atoms with Crippen molar-refractivity contribution in [2.45, 2.75) is 0 Å². The van der Waals surface area contributed by atoms with E-state index in [1.807, 2.05) is 30.3 Å². The third-order valence-corrected chi connectivity index (χ3v) is 5.42. The summed E-state index contributed by atoms with van der Waals surface area (Å²) in [6.45, 7) is 1.94. The topological polar surface area (TPSA) is 109 Å². The van der Waals surface area contributed by atoms with Crippen LogP contribution in [0.4, 0.5) is 5.69 Å². The Balaban J connectivity index is 1.41. The molecule has 10 heteroatoms. The monoisotopic (exact) mass is 431 g/mol. The zero-order valence-electron chi connectivity index (χ0n) is 17.4. The first-order valence-electron chi connectivity index (χ1n) is 10.2. The number of H-pyrrole nitrogens is 1. The molecule has 0 bridgehead atoms. The van der Waals surface area contributed by atoms with Gasteiger partial charge in [-0.1, -0.05) is 30.3 Å². The fraction of sp³-hybridized carbons (Fsp3) is 0.227. The van der Waals surface area contributed by atoms with E-state index < -0.39 is 0 Å². The van der Waals surface area contributed by atoms with E-state index in [-0.39, 0.29) is 23.1 Å². The van der Waals surface area contributed by atoms with Crippen LogP contribution in [0.5, 0.6) is 0 Å². The van der Waals surface area contributed by atoms with Gasteiger partial charge in [-0.05, 0) is 12.1 Å². The number of ether oxygens (including phenoxy) is 1. The quantitative estimate of drug-likeness (QED) is 0.528. The highest BCUT2D eigenvalue weighted by Crippen LogP contribution is 2.21. The van der Waals surface area contributed by atoms with Crippen molar-refractivity contribution in [1.82, 2.24) is 29.7 Å². The molecule has 5 rings (SSSR count). The van der Waals surface area contributed by atoms with Crippen LogP contribution in [0.2, 0.25) is 0 Å². The lowest BCUT2D eigenvalue weighted by molar-refractivity contribution is 0.0302. The number of aromatic amines is 1. The van der Waals surface area contributed by atoms with Crippen molar-refractivity contribution >= 4 is 23.1 Å². The molecule has 32 heavy (non-hydrogen) atoms. The Bertz CT molecular complexity index is 1280. The molecule has 0 saturated carbocycles. The normalized spacial score (nSPS) is 14.0. The first-order chi connectivity index (χ1) is 15.6. The van der Waals surface area contributed by atoms with Crippen LogP contribution in [0.25, 0.3) is 17.0 Å². The summed E-state index contributed by atoms with van der Waals surface area (Å²) in [4.78, 5) is 33.7.